The van der Waals surface area contributed by atoms with E-state index < -0.39 is 0 Å². The number of aromatic nitrogens is 5. The van der Waals surface area contributed by atoms with Gasteiger partial charge in [0.05, 0.1) is 35.4 Å². The van der Waals surface area contributed by atoms with Gasteiger partial charge in [-0.1, -0.05) is 12.1 Å². The molecule has 0 unspecified atom stereocenters. The van der Waals surface area contributed by atoms with E-state index in [1.54, 1.807) is 37.1 Å². The molecule has 1 amide bonds. The summed E-state index contributed by atoms with van der Waals surface area (Å²) in [5.74, 6) is 0.729. The van der Waals surface area contributed by atoms with Gasteiger partial charge < -0.3 is 14.9 Å². The van der Waals surface area contributed by atoms with Crippen molar-refractivity contribution >= 4 is 22.8 Å². The molecular formula is C27H31N7O3. The lowest BCUT2D eigenvalue weighted by atomic mass is 10.1. The summed E-state index contributed by atoms with van der Waals surface area (Å²) >= 11 is 0. The molecule has 1 saturated heterocycles. The largest absolute Gasteiger partial charge is 0.390 e. The average Bonchev–Trinajstić information content (AvgIpc) is 3.14. The number of amides is 1. The summed E-state index contributed by atoms with van der Waals surface area (Å²) in [4.78, 5) is 42.5. The summed E-state index contributed by atoms with van der Waals surface area (Å²) in [5.41, 5.74) is 4.85. The van der Waals surface area contributed by atoms with Crippen molar-refractivity contribution in [3.63, 3.8) is 0 Å². The van der Waals surface area contributed by atoms with Crippen LogP contribution < -0.4 is 10.5 Å². The van der Waals surface area contributed by atoms with Crippen LogP contribution in [0.5, 0.6) is 0 Å². The van der Waals surface area contributed by atoms with Crippen LogP contribution in [0, 0.1) is 6.92 Å². The summed E-state index contributed by atoms with van der Waals surface area (Å²) in [6.07, 6.45) is 3.60. The van der Waals surface area contributed by atoms with Crippen molar-refractivity contribution < 1.29 is 9.90 Å². The highest BCUT2D eigenvalue weighted by atomic mass is 16.3. The predicted molar refractivity (Wildman–Crippen MR) is 141 cm³/mol. The Kier molecular flexibility index (Phi) is 6.51. The van der Waals surface area contributed by atoms with Gasteiger partial charge >= 0.3 is 0 Å². The van der Waals surface area contributed by atoms with Crippen LogP contribution in [0.2, 0.25) is 0 Å². The molecule has 5 rings (SSSR count). The van der Waals surface area contributed by atoms with E-state index in [4.69, 9.17) is 0 Å². The zero-order chi connectivity index (χ0) is 26.3. The van der Waals surface area contributed by atoms with Crippen molar-refractivity contribution in [1.82, 2.24) is 29.2 Å². The fraction of sp³-hybridized carbons (Fsp3) is 0.370. The van der Waals surface area contributed by atoms with Crippen LogP contribution in [-0.4, -0.2) is 65.9 Å². The van der Waals surface area contributed by atoms with E-state index in [-0.39, 0.29) is 24.1 Å². The second kappa shape index (κ2) is 9.78. The van der Waals surface area contributed by atoms with E-state index in [0.717, 1.165) is 27.9 Å². The van der Waals surface area contributed by atoms with Crippen LogP contribution in [0.15, 0.2) is 47.5 Å². The zero-order valence-electron chi connectivity index (χ0n) is 21.5. The number of hydrogen-bond acceptors (Lipinski definition) is 7. The summed E-state index contributed by atoms with van der Waals surface area (Å²) in [6.45, 7) is 7.90. The summed E-state index contributed by atoms with van der Waals surface area (Å²) in [5, 5.41) is 10.1. The van der Waals surface area contributed by atoms with Gasteiger partial charge in [0, 0.05) is 57.6 Å². The first-order valence-electron chi connectivity index (χ1n) is 12.4. The third-order valence-electron chi connectivity index (χ3n) is 7.17. The number of benzene rings is 1. The molecule has 0 saturated carbocycles. The Bertz CT molecular complexity index is 1520. The molecule has 192 valence electrons. The third-order valence-corrected chi connectivity index (χ3v) is 7.17. The van der Waals surface area contributed by atoms with Crippen LogP contribution >= 0.6 is 0 Å². The van der Waals surface area contributed by atoms with Gasteiger partial charge in [-0.15, -0.1) is 0 Å². The first-order valence-corrected chi connectivity index (χ1v) is 12.4. The first-order chi connectivity index (χ1) is 17.8. The summed E-state index contributed by atoms with van der Waals surface area (Å²) in [7, 11) is 1.75. The number of carbonyl (C=O) groups excluding carboxylic acids is 1. The molecule has 1 atom stereocenters. The third kappa shape index (κ3) is 4.60. The number of rotatable bonds is 5. The second-order valence-electron chi connectivity index (χ2n) is 9.62. The molecule has 4 heterocycles. The van der Waals surface area contributed by atoms with E-state index in [0.29, 0.717) is 43.2 Å². The highest BCUT2D eigenvalue weighted by molar-refractivity contribution is 5.84. The number of aliphatic hydroxyl groups excluding tert-OH is 1. The Morgan fingerprint density at radius 3 is 2.54 bits per heavy atom. The maximum atomic E-state index is 12.9. The molecule has 10 heteroatoms. The standard InChI is InChI=1S/C27H31N7O3/c1-17-5-7-22(16-35)30-24(17)15-34-25-11-20(6-8-23(25)26(37)31(34)4)21-12-28-27(29-13-21)32-9-10-33(19(3)36)18(2)14-32/h5-8,11-13,18,35H,9-10,14-16H2,1-4H3/t18-/m1/s1. The molecule has 1 aliphatic rings. The molecule has 1 N–H and O–H groups in total. The van der Waals surface area contributed by atoms with Crippen molar-refractivity contribution in [3.05, 3.63) is 70.0 Å². The van der Waals surface area contributed by atoms with Crippen molar-refractivity contribution in [1.29, 1.82) is 0 Å². The lowest BCUT2D eigenvalue weighted by Gasteiger charge is -2.39. The first kappa shape index (κ1) is 24.6. The Morgan fingerprint density at radius 1 is 1.11 bits per heavy atom. The highest BCUT2D eigenvalue weighted by Crippen LogP contribution is 2.25. The highest BCUT2D eigenvalue weighted by Gasteiger charge is 2.26. The van der Waals surface area contributed by atoms with E-state index in [2.05, 4.69) is 19.9 Å². The Morgan fingerprint density at radius 2 is 1.86 bits per heavy atom. The number of anilines is 1. The number of fused-ring (bicyclic) bond motifs is 1. The molecule has 1 aliphatic heterocycles. The van der Waals surface area contributed by atoms with Crippen LogP contribution in [0.25, 0.3) is 22.0 Å². The number of aryl methyl sites for hydroxylation is 1. The molecule has 0 bridgehead atoms. The van der Waals surface area contributed by atoms with E-state index in [9.17, 15) is 14.7 Å². The van der Waals surface area contributed by atoms with Gasteiger partial charge in [0.25, 0.3) is 5.56 Å². The van der Waals surface area contributed by atoms with Gasteiger partial charge in [0.2, 0.25) is 11.9 Å². The van der Waals surface area contributed by atoms with Gasteiger partial charge in [-0.25, -0.2) is 9.97 Å². The fourth-order valence-corrected chi connectivity index (χ4v) is 4.99. The van der Waals surface area contributed by atoms with E-state index in [1.807, 2.05) is 47.7 Å². The summed E-state index contributed by atoms with van der Waals surface area (Å²) in [6, 6.07) is 9.57. The SMILES string of the molecule is CC(=O)N1CCN(c2ncc(-c3ccc4c(=O)n(C)n(Cc5nc(CO)ccc5C)c4c3)cn2)C[C@H]1C. The van der Waals surface area contributed by atoms with Gasteiger partial charge in [0.15, 0.2) is 0 Å². The molecule has 0 radical (unpaired) electrons. The van der Waals surface area contributed by atoms with Crippen molar-refractivity contribution in [2.24, 2.45) is 7.05 Å². The molecule has 1 fully saturated rings. The minimum Gasteiger partial charge on any atom is -0.390 e. The molecule has 4 aromatic rings. The molecule has 3 aromatic heterocycles. The van der Waals surface area contributed by atoms with E-state index in [1.165, 1.54) is 0 Å². The smallest absolute Gasteiger partial charge is 0.274 e. The summed E-state index contributed by atoms with van der Waals surface area (Å²) < 4.78 is 3.51. The Hall–Kier alpha value is -4.05. The van der Waals surface area contributed by atoms with E-state index >= 15 is 0 Å². The molecule has 1 aromatic carbocycles. The number of pyridine rings is 1. The zero-order valence-corrected chi connectivity index (χ0v) is 21.5. The van der Waals surface area contributed by atoms with Crippen LogP contribution in [0.3, 0.4) is 0 Å². The lowest BCUT2D eigenvalue weighted by molar-refractivity contribution is -0.131. The second-order valence-corrected chi connectivity index (χ2v) is 9.62. The van der Waals surface area contributed by atoms with Crippen molar-refractivity contribution in [2.45, 2.75) is 40.0 Å². The molecule has 0 spiro atoms. The van der Waals surface area contributed by atoms with Gasteiger partial charge in [-0.05, 0) is 43.2 Å². The average molecular weight is 502 g/mol. The number of aliphatic hydroxyl groups is 1. The van der Waals surface area contributed by atoms with Crippen LogP contribution in [0.4, 0.5) is 5.95 Å². The number of hydrogen-bond donors (Lipinski definition) is 1. The van der Waals surface area contributed by atoms with Crippen LogP contribution in [-0.2, 0) is 25.0 Å². The topological polar surface area (TPSA) is 109 Å². The minimum absolute atomic E-state index is 0.0806. The maximum absolute atomic E-state index is 12.9. The number of nitrogens with zero attached hydrogens (tertiary/aromatic N) is 7. The normalized spacial score (nSPS) is 16.0. The molecular weight excluding hydrogens is 470 g/mol. The Labute approximate surface area is 214 Å². The lowest BCUT2D eigenvalue weighted by Crippen LogP contribution is -2.53. The van der Waals surface area contributed by atoms with Crippen LogP contribution in [0.1, 0.15) is 30.8 Å². The van der Waals surface area contributed by atoms with Gasteiger partial charge in [-0.3, -0.25) is 23.9 Å². The molecule has 10 nitrogen and oxygen atoms in total. The minimum atomic E-state index is -0.135. The molecule has 0 aliphatic carbocycles. The maximum Gasteiger partial charge on any atom is 0.274 e. The van der Waals surface area contributed by atoms with Crippen molar-refractivity contribution in [2.75, 3.05) is 24.5 Å². The van der Waals surface area contributed by atoms with Gasteiger partial charge in [0.1, 0.15) is 0 Å². The quantitative estimate of drug-likeness (QED) is 0.446. The van der Waals surface area contributed by atoms with Gasteiger partial charge in [-0.2, -0.15) is 0 Å². The Balaban J connectivity index is 1.45. The predicted octanol–water partition coefficient (Wildman–Crippen LogP) is 2.10. The van der Waals surface area contributed by atoms with Crippen molar-refractivity contribution in [3.8, 4) is 11.1 Å². The number of piperazine rings is 1. The fourth-order valence-electron chi connectivity index (χ4n) is 4.99. The number of carbonyl (C=O) groups is 1. The molecule has 37 heavy (non-hydrogen) atoms. The monoisotopic (exact) mass is 501 g/mol.